The first-order valence-electron chi connectivity index (χ1n) is 6.83. The molecule has 0 radical (unpaired) electrons. The van der Waals surface area contributed by atoms with Gasteiger partial charge in [-0.1, -0.05) is 25.4 Å². The molecule has 3 N–H and O–H groups in total. The highest BCUT2D eigenvalue weighted by Gasteiger charge is 2.18. The maximum Gasteiger partial charge on any atom is 0.228 e. The van der Waals surface area contributed by atoms with Gasteiger partial charge in [0.05, 0.1) is 16.6 Å². The van der Waals surface area contributed by atoms with Gasteiger partial charge in [-0.3, -0.25) is 4.79 Å². The Kier molecular flexibility index (Phi) is 6.30. The van der Waals surface area contributed by atoms with Crippen LogP contribution in [0, 0.1) is 11.8 Å². The zero-order valence-corrected chi connectivity index (χ0v) is 13.4. The number of nitrogens with zero attached hydrogens (tertiary/aromatic N) is 1. The van der Waals surface area contributed by atoms with E-state index in [0.29, 0.717) is 23.2 Å². The fraction of sp³-hybridized carbons (Fsp3) is 0.533. The third kappa shape index (κ3) is 4.69. The number of halogens is 1. The number of carbonyl (C=O) groups excluding carboxylic acids is 1. The lowest BCUT2D eigenvalue weighted by Gasteiger charge is -2.18. The summed E-state index contributed by atoms with van der Waals surface area (Å²) in [7, 11) is 3.85. The van der Waals surface area contributed by atoms with Gasteiger partial charge in [-0.05, 0) is 30.5 Å². The molecule has 5 heteroatoms. The molecule has 0 aromatic heterocycles. The van der Waals surface area contributed by atoms with E-state index in [9.17, 15) is 4.79 Å². The van der Waals surface area contributed by atoms with Crippen molar-refractivity contribution in [3.8, 4) is 0 Å². The molecule has 0 bridgehead atoms. The number of hydrogen-bond donors (Lipinski definition) is 2. The van der Waals surface area contributed by atoms with Gasteiger partial charge in [-0.25, -0.2) is 0 Å². The Morgan fingerprint density at radius 1 is 1.40 bits per heavy atom. The molecule has 0 saturated carbocycles. The SMILES string of the molecule is CC(C)CC(CN)C(=O)Nc1ccc(N(C)C)c(Cl)c1. The van der Waals surface area contributed by atoms with E-state index in [0.717, 1.165) is 12.1 Å². The Balaban J connectivity index is 2.77. The van der Waals surface area contributed by atoms with Gasteiger partial charge in [0.1, 0.15) is 0 Å². The van der Waals surface area contributed by atoms with Crippen molar-refractivity contribution in [2.75, 3.05) is 30.9 Å². The van der Waals surface area contributed by atoms with Gasteiger partial charge in [-0.2, -0.15) is 0 Å². The number of amides is 1. The number of rotatable bonds is 6. The summed E-state index contributed by atoms with van der Waals surface area (Å²) in [5, 5.41) is 3.50. The van der Waals surface area contributed by atoms with Crippen molar-refractivity contribution in [1.82, 2.24) is 0 Å². The molecular weight excluding hydrogens is 274 g/mol. The lowest BCUT2D eigenvalue weighted by molar-refractivity contribution is -0.120. The molecule has 112 valence electrons. The average molecular weight is 298 g/mol. The first kappa shape index (κ1) is 16.8. The van der Waals surface area contributed by atoms with Gasteiger partial charge in [0.25, 0.3) is 0 Å². The Morgan fingerprint density at radius 2 is 2.05 bits per heavy atom. The molecule has 0 spiro atoms. The van der Waals surface area contributed by atoms with Gasteiger partial charge >= 0.3 is 0 Å². The Hall–Kier alpha value is -1.26. The van der Waals surface area contributed by atoms with Crippen LogP contribution in [0.25, 0.3) is 0 Å². The highest BCUT2D eigenvalue weighted by Crippen LogP contribution is 2.27. The van der Waals surface area contributed by atoms with Crippen LogP contribution in [0.15, 0.2) is 18.2 Å². The van der Waals surface area contributed by atoms with Crippen LogP contribution in [0.1, 0.15) is 20.3 Å². The summed E-state index contributed by atoms with van der Waals surface area (Å²) in [5.74, 6) is 0.228. The number of hydrogen-bond acceptors (Lipinski definition) is 3. The number of benzene rings is 1. The number of carbonyl (C=O) groups is 1. The van der Waals surface area contributed by atoms with Crippen LogP contribution < -0.4 is 16.0 Å². The van der Waals surface area contributed by atoms with Gasteiger partial charge in [0.15, 0.2) is 0 Å². The summed E-state index contributed by atoms with van der Waals surface area (Å²) in [4.78, 5) is 14.1. The van der Waals surface area contributed by atoms with Crippen LogP contribution in [0.4, 0.5) is 11.4 Å². The molecule has 1 rings (SSSR count). The zero-order chi connectivity index (χ0) is 15.3. The smallest absolute Gasteiger partial charge is 0.228 e. The monoisotopic (exact) mass is 297 g/mol. The van der Waals surface area contributed by atoms with Crippen molar-refractivity contribution in [1.29, 1.82) is 0 Å². The summed E-state index contributed by atoms with van der Waals surface area (Å²) in [6.07, 6.45) is 0.784. The molecule has 1 aromatic rings. The van der Waals surface area contributed by atoms with Crippen molar-refractivity contribution in [3.63, 3.8) is 0 Å². The molecule has 0 heterocycles. The van der Waals surface area contributed by atoms with E-state index < -0.39 is 0 Å². The lowest BCUT2D eigenvalue weighted by atomic mass is 9.96. The molecule has 4 nitrogen and oxygen atoms in total. The highest BCUT2D eigenvalue weighted by molar-refractivity contribution is 6.33. The normalized spacial score (nSPS) is 12.3. The fourth-order valence-electron chi connectivity index (χ4n) is 2.07. The zero-order valence-electron chi connectivity index (χ0n) is 12.6. The molecule has 20 heavy (non-hydrogen) atoms. The van der Waals surface area contributed by atoms with Gasteiger partial charge < -0.3 is 16.0 Å². The molecule has 0 aliphatic rings. The molecule has 0 aliphatic heterocycles. The second-order valence-corrected chi connectivity index (χ2v) is 6.02. The summed E-state index contributed by atoms with van der Waals surface area (Å²) in [6.45, 7) is 4.52. The van der Waals surface area contributed by atoms with Crippen LogP contribution in [0.2, 0.25) is 5.02 Å². The Labute approximate surface area is 126 Å². The minimum Gasteiger partial charge on any atom is -0.376 e. The highest BCUT2D eigenvalue weighted by atomic mass is 35.5. The lowest BCUT2D eigenvalue weighted by Crippen LogP contribution is -2.30. The van der Waals surface area contributed by atoms with Crippen molar-refractivity contribution >= 4 is 28.9 Å². The van der Waals surface area contributed by atoms with E-state index >= 15 is 0 Å². The first-order chi connectivity index (χ1) is 9.35. The van der Waals surface area contributed by atoms with Gasteiger partial charge in [0.2, 0.25) is 5.91 Å². The summed E-state index contributed by atoms with van der Waals surface area (Å²) < 4.78 is 0. The predicted molar refractivity (Wildman–Crippen MR) is 86.4 cm³/mol. The second-order valence-electron chi connectivity index (χ2n) is 5.61. The van der Waals surface area contributed by atoms with Crippen LogP contribution in [-0.2, 0) is 4.79 Å². The molecule has 1 unspecified atom stereocenters. The van der Waals surface area contributed by atoms with Crippen molar-refractivity contribution < 1.29 is 4.79 Å². The second kappa shape index (κ2) is 7.50. The predicted octanol–water partition coefficient (Wildman–Crippen LogP) is 2.97. The molecule has 1 atom stereocenters. The van der Waals surface area contributed by atoms with Gasteiger partial charge in [0, 0.05) is 26.3 Å². The quantitative estimate of drug-likeness (QED) is 0.849. The third-order valence-electron chi connectivity index (χ3n) is 3.11. The van der Waals surface area contributed by atoms with Crippen molar-refractivity contribution in [2.45, 2.75) is 20.3 Å². The van der Waals surface area contributed by atoms with Crippen molar-refractivity contribution in [3.05, 3.63) is 23.2 Å². The minimum absolute atomic E-state index is 0.0464. The first-order valence-corrected chi connectivity index (χ1v) is 7.20. The average Bonchev–Trinajstić information content (AvgIpc) is 2.35. The molecular formula is C15H24ClN3O. The molecule has 0 fully saturated rings. The Bertz CT molecular complexity index is 460. The van der Waals surface area contributed by atoms with E-state index in [-0.39, 0.29) is 11.8 Å². The van der Waals surface area contributed by atoms with E-state index in [1.54, 1.807) is 6.07 Å². The summed E-state index contributed by atoms with van der Waals surface area (Å²) in [5.41, 5.74) is 7.30. The molecule has 1 amide bonds. The number of anilines is 2. The van der Waals surface area contributed by atoms with Crippen LogP contribution in [0.5, 0.6) is 0 Å². The summed E-state index contributed by atoms with van der Waals surface area (Å²) in [6, 6.07) is 5.50. The largest absolute Gasteiger partial charge is 0.376 e. The van der Waals surface area contributed by atoms with Crippen LogP contribution in [0.3, 0.4) is 0 Å². The van der Waals surface area contributed by atoms with Crippen LogP contribution >= 0.6 is 11.6 Å². The number of nitrogens with one attached hydrogen (secondary N) is 1. The maximum absolute atomic E-state index is 12.2. The van der Waals surface area contributed by atoms with E-state index in [4.69, 9.17) is 17.3 Å². The molecule has 1 aromatic carbocycles. The van der Waals surface area contributed by atoms with E-state index in [2.05, 4.69) is 19.2 Å². The number of nitrogens with two attached hydrogens (primary N) is 1. The third-order valence-corrected chi connectivity index (χ3v) is 3.41. The van der Waals surface area contributed by atoms with Gasteiger partial charge in [-0.15, -0.1) is 0 Å². The standard InChI is InChI=1S/C15H24ClN3O/c1-10(2)7-11(9-17)15(20)18-12-5-6-14(19(3)4)13(16)8-12/h5-6,8,10-11H,7,9,17H2,1-4H3,(H,18,20). The minimum atomic E-state index is -0.165. The van der Waals surface area contributed by atoms with Crippen LogP contribution in [-0.4, -0.2) is 26.5 Å². The van der Waals surface area contributed by atoms with E-state index in [1.165, 1.54) is 0 Å². The Morgan fingerprint density at radius 3 is 2.50 bits per heavy atom. The fourth-order valence-corrected chi connectivity index (χ4v) is 2.42. The van der Waals surface area contributed by atoms with E-state index in [1.807, 2.05) is 31.1 Å². The summed E-state index contributed by atoms with van der Waals surface area (Å²) >= 11 is 6.19. The maximum atomic E-state index is 12.2. The molecule has 0 saturated heterocycles. The van der Waals surface area contributed by atoms with Crippen molar-refractivity contribution in [2.24, 2.45) is 17.6 Å². The topological polar surface area (TPSA) is 58.4 Å². The molecule has 0 aliphatic carbocycles.